The van der Waals surface area contributed by atoms with E-state index in [0.29, 0.717) is 0 Å². The van der Waals surface area contributed by atoms with E-state index >= 15 is 0 Å². The second-order valence-electron chi connectivity index (χ2n) is 17.2. The van der Waals surface area contributed by atoms with Crippen LogP contribution in [0.4, 0.5) is 34.4 Å². The maximum Gasteiger partial charge on any atom is 0.145 e. The molecule has 4 aromatic heterocycles. The van der Waals surface area contributed by atoms with Crippen molar-refractivity contribution in [3.63, 3.8) is 0 Å². The molecule has 0 radical (unpaired) electrons. The number of hydrogen-bond donors (Lipinski definition) is 0. The molecule has 4 heterocycles. The summed E-state index contributed by atoms with van der Waals surface area (Å²) in [5.74, 6) is 3.44. The second-order valence-corrected chi connectivity index (χ2v) is 17.2. The largest absolute Gasteiger partial charge is 0.295 e. The number of rotatable bonds is 10. The van der Waals surface area contributed by atoms with E-state index in [1.54, 1.807) is 0 Å². The highest BCUT2D eigenvalue weighted by Gasteiger charge is 2.20. The van der Waals surface area contributed by atoms with Crippen molar-refractivity contribution in [1.82, 2.24) is 29.1 Å². The molecule has 0 N–H and O–H groups in total. The molecule has 0 saturated carbocycles. The van der Waals surface area contributed by atoms with Gasteiger partial charge < -0.3 is 0 Å². The molecule has 13 rings (SSSR count). The Morgan fingerprint density at radius 2 is 0.700 bits per heavy atom. The van der Waals surface area contributed by atoms with Crippen molar-refractivity contribution < 1.29 is 0 Å². The molecule has 8 nitrogen and oxygen atoms in total. The van der Waals surface area contributed by atoms with Crippen molar-refractivity contribution in [2.45, 2.75) is 0 Å². The number of para-hydroxylation sites is 6. The Bertz CT molecular complexity index is 3720. The first-order chi connectivity index (χ1) is 34.7. The van der Waals surface area contributed by atoms with Crippen molar-refractivity contribution in [1.29, 1.82) is 0 Å². The second kappa shape index (κ2) is 17.2. The summed E-state index contributed by atoms with van der Waals surface area (Å²) < 4.78 is 4.47. The minimum absolute atomic E-state index is 0.828. The van der Waals surface area contributed by atoms with Crippen LogP contribution >= 0.6 is 0 Å². The molecular formula is C62H42N8. The molecule has 0 fully saturated rings. The van der Waals surface area contributed by atoms with E-state index < -0.39 is 0 Å². The highest BCUT2D eigenvalue weighted by molar-refractivity contribution is 6.09. The van der Waals surface area contributed by atoms with Crippen LogP contribution in [-0.4, -0.2) is 29.1 Å². The number of hydrogen-bond acceptors (Lipinski definition) is 6. The van der Waals surface area contributed by atoms with Crippen molar-refractivity contribution in [2.75, 3.05) is 9.80 Å². The Balaban J connectivity index is 0.850. The van der Waals surface area contributed by atoms with Gasteiger partial charge in [0, 0.05) is 57.6 Å². The molecule has 8 heteroatoms. The van der Waals surface area contributed by atoms with Gasteiger partial charge >= 0.3 is 0 Å². The number of fused-ring (bicyclic) bond motifs is 5. The molecule has 0 aliphatic carbocycles. The van der Waals surface area contributed by atoms with Gasteiger partial charge in [0.1, 0.15) is 23.3 Å². The fourth-order valence-corrected chi connectivity index (χ4v) is 9.76. The monoisotopic (exact) mass is 898 g/mol. The van der Waals surface area contributed by atoms with E-state index in [0.717, 1.165) is 101 Å². The standard InChI is InChI=1S/C62H42N8/c1-3-15-47(16-4-1)69-57-21-9-7-19-55(57)65-61(69)43-27-31-49(32-28-43)67(59-23-11-13-39-63-59)51-35-37-53-45(41-51)25-26-46-42-52(36-38-54(46)53)68(60-24-12-14-40-64-60)50-33-29-44(30-34-50)62-66-56-20-8-10-22-58(56)70(62)48-17-5-2-6-18-48/h1-42H. The average Bonchev–Trinajstić information content (AvgIpc) is 4.02. The highest BCUT2D eigenvalue weighted by Crippen LogP contribution is 2.41. The Labute approximate surface area is 404 Å². The molecule has 0 spiro atoms. The Morgan fingerprint density at radius 3 is 1.11 bits per heavy atom. The summed E-state index contributed by atoms with van der Waals surface area (Å²) in [7, 11) is 0. The summed E-state index contributed by atoms with van der Waals surface area (Å²) in [6.07, 6.45) is 3.69. The summed E-state index contributed by atoms with van der Waals surface area (Å²) >= 11 is 0. The third-order valence-electron chi connectivity index (χ3n) is 13.0. The number of benzene rings is 9. The summed E-state index contributed by atoms with van der Waals surface area (Å²) in [4.78, 5) is 24.3. The number of nitrogens with zero attached hydrogens (tertiary/aromatic N) is 8. The van der Waals surface area contributed by atoms with E-state index in [1.807, 2.05) is 60.9 Å². The molecular weight excluding hydrogens is 857 g/mol. The Hall–Kier alpha value is -9.66. The van der Waals surface area contributed by atoms with Crippen LogP contribution in [0.25, 0.3) is 77.8 Å². The molecule has 0 unspecified atom stereocenters. The quantitative estimate of drug-likeness (QED) is 0.127. The first-order valence-electron chi connectivity index (χ1n) is 23.4. The normalized spacial score (nSPS) is 11.4. The molecule has 0 amide bonds. The van der Waals surface area contributed by atoms with Crippen LogP contribution < -0.4 is 9.80 Å². The Kier molecular flexibility index (Phi) is 9.98. The van der Waals surface area contributed by atoms with Crippen molar-refractivity contribution in [3.05, 3.63) is 255 Å². The smallest absolute Gasteiger partial charge is 0.145 e. The SMILES string of the molecule is c1ccc(-n2c(-c3ccc(N(c4ccc5c(ccc6cc(N(c7ccc(-c8nc9ccccc9n8-c8ccccc8)cc7)c7ccccn7)ccc65)c4)c4ccccn4)cc3)nc3ccccc32)cc1. The lowest BCUT2D eigenvalue weighted by atomic mass is 10.00. The lowest BCUT2D eigenvalue weighted by molar-refractivity contribution is 1.10. The predicted octanol–water partition coefficient (Wildman–Crippen LogP) is 15.7. The zero-order valence-corrected chi connectivity index (χ0v) is 37.8. The van der Waals surface area contributed by atoms with E-state index in [9.17, 15) is 0 Å². The summed E-state index contributed by atoms with van der Waals surface area (Å²) in [6.45, 7) is 0. The first kappa shape index (κ1) is 40.6. The predicted molar refractivity (Wildman–Crippen MR) is 287 cm³/mol. The molecule has 0 saturated heterocycles. The van der Waals surface area contributed by atoms with Crippen LogP contribution in [0.1, 0.15) is 0 Å². The van der Waals surface area contributed by atoms with Gasteiger partial charge in [-0.15, -0.1) is 0 Å². The molecule has 0 bridgehead atoms. The lowest BCUT2D eigenvalue weighted by Crippen LogP contribution is -2.11. The maximum absolute atomic E-state index is 5.11. The van der Waals surface area contributed by atoms with Crippen molar-refractivity contribution in [3.8, 4) is 34.2 Å². The van der Waals surface area contributed by atoms with Gasteiger partial charge in [-0.1, -0.05) is 97.1 Å². The third kappa shape index (κ3) is 7.19. The number of anilines is 6. The van der Waals surface area contributed by atoms with E-state index in [2.05, 4.69) is 213 Å². The van der Waals surface area contributed by atoms with Crippen LogP contribution in [0.5, 0.6) is 0 Å². The first-order valence-corrected chi connectivity index (χ1v) is 23.4. The van der Waals surface area contributed by atoms with Crippen molar-refractivity contribution >= 4 is 78.0 Å². The summed E-state index contributed by atoms with van der Waals surface area (Å²) in [5, 5.41) is 4.59. The van der Waals surface area contributed by atoms with Crippen LogP contribution in [0, 0.1) is 0 Å². The zero-order valence-electron chi connectivity index (χ0n) is 37.8. The number of pyridine rings is 2. The van der Waals surface area contributed by atoms with E-state index in [1.165, 1.54) is 10.8 Å². The molecule has 70 heavy (non-hydrogen) atoms. The number of imidazole rings is 2. The van der Waals surface area contributed by atoms with Gasteiger partial charge in [0.25, 0.3) is 0 Å². The fourth-order valence-electron chi connectivity index (χ4n) is 9.76. The van der Waals surface area contributed by atoms with Gasteiger partial charge in [-0.25, -0.2) is 19.9 Å². The molecule has 330 valence electrons. The molecule has 0 aliphatic heterocycles. The van der Waals surface area contributed by atoms with Crippen LogP contribution in [0.15, 0.2) is 255 Å². The molecule has 9 aromatic carbocycles. The lowest BCUT2D eigenvalue weighted by Gasteiger charge is -2.25. The van der Waals surface area contributed by atoms with Crippen LogP contribution in [0.3, 0.4) is 0 Å². The highest BCUT2D eigenvalue weighted by atomic mass is 15.2. The third-order valence-corrected chi connectivity index (χ3v) is 13.0. The Morgan fingerprint density at radius 1 is 0.314 bits per heavy atom. The zero-order chi connectivity index (χ0) is 46.4. The van der Waals surface area contributed by atoms with Gasteiger partial charge in [0.2, 0.25) is 0 Å². The number of aromatic nitrogens is 6. The molecule has 0 atom stereocenters. The van der Waals surface area contributed by atoms with E-state index in [4.69, 9.17) is 19.9 Å². The maximum atomic E-state index is 5.11. The topological polar surface area (TPSA) is 67.9 Å². The minimum atomic E-state index is 0.828. The fraction of sp³-hybridized carbons (Fsp3) is 0. The summed E-state index contributed by atoms with van der Waals surface area (Å²) in [5.41, 5.74) is 12.2. The minimum Gasteiger partial charge on any atom is -0.295 e. The van der Waals surface area contributed by atoms with Gasteiger partial charge in [0.15, 0.2) is 0 Å². The summed E-state index contributed by atoms with van der Waals surface area (Å²) in [6, 6.07) is 84.6. The van der Waals surface area contributed by atoms with Crippen LogP contribution in [0.2, 0.25) is 0 Å². The van der Waals surface area contributed by atoms with Gasteiger partial charge in [-0.2, -0.15) is 0 Å². The van der Waals surface area contributed by atoms with Gasteiger partial charge in [-0.05, 0) is 167 Å². The van der Waals surface area contributed by atoms with E-state index in [-0.39, 0.29) is 0 Å². The van der Waals surface area contributed by atoms with Gasteiger partial charge in [-0.3, -0.25) is 18.9 Å². The van der Waals surface area contributed by atoms with Gasteiger partial charge in [0.05, 0.1) is 22.1 Å². The molecule has 13 aromatic rings. The molecule has 0 aliphatic rings. The van der Waals surface area contributed by atoms with Crippen LogP contribution in [-0.2, 0) is 0 Å². The average molecular weight is 899 g/mol. The van der Waals surface area contributed by atoms with Crippen molar-refractivity contribution in [2.24, 2.45) is 0 Å².